The number of hydrogen-bond donors (Lipinski definition) is 1. The van der Waals surface area contributed by atoms with Crippen molar-refractivity contribution in [2.24, 2.45) is 0 Å². The predicted octanol–water partition coefficient (Wildman–Crippen LogP) is 5.02. The minimum absolute atomic E-state index is 0.0746. The van der Waals surface area contributed by atoms with E-state index < -0.39 is 17.6 Å². The molecule has 27 heavy (non-hydrogen) atoms. The number of methoxy groups -OCH3 is 1. The largest absolute Gasteiger partial charge is 0.497 e. The second kappa shape index (κ2) is 7.79. The molecule has 2 aromatic carbocycles. The molecular formula is C19H15F3N2O2S. The van der Waals surface area contributed by atoms with Gasteiger partial charge in [-0.05, 0) is 35.9 Å². The monoisotopic (exact) mass is 392 g/mol. The van der Waals surface area contributed by atoms with Crippen molar-refractivity contribution in [2.75, 3.05) is 12.4 Å². The lowest BCUT2D eigenvalue weighted by Crippen LogP contribution is -2.17. The first-order valence-electron chi connectivity index (χ1n) is 7.91. The quantitative estimate of drug-likeness (QED) is 0.663. The molecule has 0 fully saturated rings. The van der Waals surface area contributed by atoms with Crippen LogP contribution in [0.25, 0.3) is 11.3 Å². The van der Waals surface area contributed by atoms with Crippen LogP contribution in [0.2, 0.25) is 0 Å². The molecule has 0 aliphatic carbocycles. The van der Waals surface area contributed by atoms with Gasteiger partial charge in [0.2, 0.25) is 5.91 Å². The number of benzene rings is 2. The summed E-state index contributed by atoms with van der Waals surface area (Å²) in [6.07, 6.45) is -4.88. The number of halogens is 3. The highest BCUT2D eigenvalue weighted by Gasteiger charge is 2.33. The number of thiazole rings is 1. The van der Waals surface area contributed by atoms with Gasteiger partial charge in [-0.25, -0.2) is 4.98 Å². The van der Waals surface area contributed by atoms with E-state index in [4.69, 9.17) is 4.74 Å². The number of nitrogens with zero attached hydrogens (tertiary/aromatic N) is 1. The first kappa shape index (κ1) is 18.9. The van der Waals surface area contributed by atoms with E-state index in [1.54, 1.807) is 24.6 Å². The summed E-state index contributed by atoms with van der Waals surface area (Å²) < 4.78 is 44.2. The Hall–Kier alpha value is -2.87. The number of hydrogen-bond acceptors (Lipinski definition) is 4. The number of amides is 1. The summed E-state index contributed by atoms with van der Waals surface area (Å²) in [7, 11) is 1.57. The molecule has 0 spiro atoms. The van der Waals surface area contributed by atoms with Gasteiger partial charge in [0.15, 0.2) is 5.13 Å². The molecule has 1 amide bonds. The fourth-order valence-electron chi connectivity index (χ4n) is 2.51. The van der Waals surface area contributed by atoms with Crippen molar-refractivity contribution in [1.29, 1.82) is 0 Å². The molecule has 0 unspecified atom stereocenters. The highest BCUT2D eigenvalue weighted by atomic mass is 32.1. The zero-order valence-corrected chi connectivity index (χ0v) is 15.0. The van der Waals surface area contributed by atoms with Gasteiger partial charge >= 0.3 is 6.18 Å². The lowest BCUT2D eigenvalue weighted by Gasteiger charge is -2.12. The van der Waals surface area contributed by atoms with Gasteiger partial charge in [0.05, 0.1) is 24.8 Å². The molecule has 140 valence electrons. The van der Waals surface area contributed by atoms with E-state index >= 15 is 0 Å². The normalized spacial score (nSPS) is 11.3. The van der Waals surface area contributed by atoms with Crippen LogP contribution in [0, 0.1) is 0 Å². The fraction of sp³-hybridized carbons (Fsp3) is 0.158. The van der Waals surface area contributed by atoms with Crippen LogP contribution in [0.4, 0.5) is 18.3 Å². The number of nitrogens with one attached hydrogen (secondary N) is 1. The third kappa shape index (κ3) is 4.65. The Morgan fingerprint density at radius 1 is 1.15 bits per heavy atom. The minimum Gasteiger partial charge on any atom is -0.497 e. The maximum absolute atomic E-state index is 13.0. The van der Waals surface area contributed by atoms with Gasteiger partial charge < -0.3 is 10.1 Å². The first-order valence-corrected chi connectivity index (χ1v) is 8.79. The molecule has 3 rings (SSSR count). The molecule has 4 nitrogen and oxygen atoms in total. The molecule has 0 saturated heterocycles. The van der Waals surface area contributed by atoms with Crippen LogP contribution in [0.3, 0.4) is 0 Å². The Morgan fingerprint density at radius 3 is 2.52 bits per heavy atom. The zero-order valence-electron chi connectivity index (χ0n) is 14.2. The van der Waals surface area contributed by atoms with Gasteiger partial charge in [0.1, 0.15) is 5.75 Å². The van der Waals surface area contributed by atoms with Crippen LogP contribution in [0.5, 0.6) is 5.75 Å². The number of aromatic nitrogens is 1. The predicted molar refractivity (Wildman–Crippen MR) is 97.9 cm³/mol. The fourth-order valence-corrected chi connectivity index (χ4v) is 3.25. The number of ether oxygens (including phenoxy) is 1. The van der Waals surface area contributed by atoms with Crippen molar-refractivity contribution in [3.05, 3.63) is 65.0 Å². The van der Waals surface area contributed by atoms with E-state index in [1.807, 2.05) is 12.1 Å². The average molecular weight is 392 g/mol. The van der Waals surface area contributed by atoms with Crippen LogP contribution in [-0.4, -0.2) is 18.0 Å². The number of rotatable bonds is 5. The number of carbonyl (C=O) groups is 1. The van der Waals surface area contributed by atoms with Gasteiger partial charge in [-0.1, -0.05) is 18.2 Å². The van der Waals surface area contributed by atoms with Crippen LogP contribution >= 0.6 is 11.3 Å². The van der Waals surface area contributed by atoms with Crippen molar-refractivity contribution < 1.29 is 22.7 Å². The van der Waals surface area contributed by atoms with E-state index in [1.165, 1.54) is 29.5 Å². The molecule has 1 aromatic heterocycles. The maximum atomic E-state index is 13.0. The summed E-state index contributed by atoms with van der Waals surface area (Å²) in [5.41, 5.74) is 0.622. The molecule has 0 radical (unpaired) electrons. The standard InChI is InChI=1S/C19H15F3N2O2S/c1-26-14-8-6-12(7-9-14)16-11-27-18(23-16)24-17(25)10-13-4-2-3-5-15(13)19(20,21)22/h2-9,11H,10H2,1H3,(H,23,24,25). The third-order valence-corrected chi connectivity index (χ3v) is 4.57. The Kier molecular flexibility index (Phi) is 5.46. The Morgan fingerprint density at radius 2 is 1.85 bits per heavy atom. The summed E-state index contributed by atoms with van der Waals surface area (Å²) in [6, 6.07) is 12.3. The van der Waals surface area contributed by atoms with Crippen molar-refractivity contribution in [3.8, 4) is 17.0 Å². The average Bonchev–Trinajstić information content (AvgIpc) is 3.09. The Labute approximate surface area is 157 Å². The molecule has 0 saturated carbocycles. The molecule has 3 aromatic rings. The van der Waals surface area contributed by atoms with E-state index in [9.17, 15) is 18.0 Å². The summed E-state index contributed by atoms with van der Waals surface area (Å²) in [4.78, 5) is 16.5. The highest BCUT2D eigenvalue weighted by Crippen LogP contribution is 2.32. The molecule has 0 aliphatic rings. The second-order valence-corrected chi connectivity index (χ2v) is 6.50. The van der Waals surface area contributed by atoms with E-state index in [-0.39, 0.29) is 12.0 Å². The second-order valence-electron chi connectivity index (χ2n) is 5.65. The third-order valence-electron chi connectivity index (χ3n) is 3.81. The molecule has 8 heteroatoms. The molecule has 1 heterocycles. The molecule has 1 N–H and O–H groups in total. The van der Waals surface area contributed by atoms with Crippen LogP contribution in [0.15, 0.2) is 53.9 Å². The molecular weight excluding hydrogens is 377 g/mol. The number of carbonyl (C=O) groups excluding carboxylic acids is 1. The molecule has 0 atom stereocenters. The lowest BCUT2D eigenvalue weighted by molar-refractivity contribution is -0.138. The van der Waals surface area contributed by atoms with Gasteiger partial charge in [0, 0.05) is 10.9 Å². The molecule has 0 aliphatic heterocycles. The van der Waals surface area contributed by atoms with Crippen molar-refractivity contribution in [2.45, 2.75) is 12.6 Å². The SMILES string of the molecule is COc1ccc(-c2csc(NC(=O)Cc3ccccc3C(F)(F)F)n2)cc1. The van der Waals surface area contributed by atoms with Crippen LogP contribution < -0.4 is 10.1 Å². The van der Waals surface area contributed by atoms with E-state index in [0.717, 1.165) is 11.6 Å². The number of anilines is 1. The van der Waals surface area contributed by atoms with Crippen LogP contribution in [-0.2, 0) is 17.4 Å². The van der Waals surface area contributed by atoms with Crippen molar-refractivity contribution in [3.63, 3.8) is 0 Å². The van der Waals surface area contributed by atoms with E-state index in [2.05, 4.69) is 10.3 Å². The Bertz CT molecular complexity index is 937. The minimum atomic E-state index is -4.50. The van der Waals surface area contributed by atoms with Crippen molar-refractivity contribution >= 4 is 22.4 Å². The Balaban J connectivity index is 1.70. The van der Waals surface area contributed by atoms with Gasteiger partial charge in [-0.2, -0.15) is 13.2 Å². The zero-order chi connectivity index (χ0) is 19.4. The summed E-state index contributed by atoms with van der Waals surface area (Å²) >= 11 is 1.21. The van der Waals surface area contributed by atoms with Crippen LogP contribution in [0.1, 0.15) is 11.1 Å². The topological polar surface area (TPSA) is 51.2 Å². The van der Waals surface area contributed by atoms with E-state index in [0.29, 0.717) is 16.6 Å². The highest BCUT2D eigenvalue weighted by molar-refractivity contribution is 7.14. The molecule has 0 bridgehead atoms. The number of alkyl halides is 3. The summed E-state index contributed by atoms with van der Waals surface area (Å²) in [5.74, 6) is 0.160. The van der Waals surface area contributed by atoms with Gasteiger partial charge in [0.25, 0.3) is 0 Å². The summed E-state index contributed by atoms with van der Waals surface area (Å²) in [6.45, 7) is 0. The lowest BCUT2D eigenvalue weighted by atomic mass is 10.0. The smallest absolute Gasteiger partial charge is 0.416 e. The van der Waals surface area contributed by atoms with Gasteiger partial charge in [-0.3, -0.25) is 4.79 Å². The van der Waals surface area contributed by atoms with Crippen molar-refractivity contribution in [1.82, 2.24) is 4.98 Å². The first-order chi connectivity index (χ1) is 12.9. The van der Waals surface area contributed by atoms with Gasteiger partial charge in [-0.15, -0.1) is 11.3 Å². The maximum Gasteiger partial charge on any atom is 0.416 e. The summed E-state index contributed by atoms with van der Waals surface area (Å²) in [5, 5.41) is 4.65.